The molecule has 0 bridgehead atoms. The maximum atomic E-state index is 13.2. The number of aromatic amines is 1. The summed E-state index contributed by atoms with van der Waals surface area (Å²) >= 11 is 1.33. The topological polar surface area (TPSA) is 75.6 Å². The summed E-state index contributed by atoms with van der Waals surface area (Å²) in [7, 11) is 0. The van der Waals surface area contributed by atoms with E-state index in [9.17, 15) is 9.18 Å². The van der Waals surface area contributed by atoms with Crippen molar-refractivity contribution in [2.45, 2.75) is 6.92 Å². The Balaban J connectivity index is 1.49. The molecular weight excluding hydrogens is 377 g/mol. The number of thiophene rings is 1. The molecule has 6 nitrogen and oxygen atoms in total. The molecule has 1 amide bonds. The molecule has 0 unspecified atom stereocenters. The Bertz CT molecular complexity index is 1300. The lowest BCUT2D eigenvalue weighted by Crippen LogP contribution is -2.11. The zero-order valence-electron chi connectivity index (χ0n) is 14.7. The molecule has 2 aromatic carbocycles. The molecule has 0 fully saturated rings. The Morgan fingerprint density at radius 3 is 2.75 bits per heavy atom. The van der Waals surface area contributed by atoms with Gasteiger partial charge in [-0.1, -0.05) is 12.1 Å². The molecule has 0 aliphatic heterocycles. The molecule has 0 aliphatic carbocycles. The summed E-state index contributed by atoms with van der Waals surface area (Å²) in [5.74, 6) is -0.146. The molecule has 28 heavy (non-hydrogen) atoms. The molecule has 0 saturated heterocycles. The van der Waals surface area contributed by atoms with Crippen LogP contribution in [0.3, 0.4) is 0 Å². The van der Waals surface area contributed by atoms with Crippen molar-refractivity contribution in [1.29, 1.82) is 0 Å². The van der Waals surface area contributed by atoms with E-state index in [0.29, 0.717) is 10.8 Å². The van der Waals surface area contributed by atoms with Crippen LogP contribution >= 0.6 is 11.3 Å². The van der Waals surface area contributed by atoms with Crippen LogP contribution in [0, 0.1) is 12.7 Å². The number of anilines is 1. The third-order valence-electron chi connectivity index (χ3n) is 4.46. The Kier molecular flexibility index (Phi) is 3.73. The van der Waals surface area contributed by atoms with Crippen LogP contribution in [0.1, 0.15) is 15.4 Å². The Labute approximate surface area is 162 Å². The van der Waals surface area contributed by atoms with Gasteiger partial charge in [0.15, 0.2) is 0 Å². The van der Waals surface area contributed by atoms with Crippen LogP contribution in [0.25, 0.3) is 26.9 Å². The van der Waals surface area contributed by atoms with Gasteiger partial charge in [-0.2, -0.15) is 5.10 Å². The van der Waals surface area contributed by atoms with Crippen LogP contribution in [0.4, 0.5) is 10.3 Å². The second-order valence-electron chi connectivity index (χ2n) is 6.36. The second kappa shape index (κ2) is 6.28. The van der Waals surface area contributed by atoms with E-state index in [2.05, 4.69) is 20.4 Å². The lowest BCUT2D eigenvalue weighted by Gasteiger charge is -2.02. The van der Waals surface area contributed by atoms with Gasteiger partial charge in [0.05, 0.1) is 27.3 Å². The monoisotopic (exact) mass is 391 g/mol. The molecule has 0 aliphatic rings. The van der Waals surface area contributed by atoms with Crippen molar-refractivity contribution in [3.05, 3.63) is 71.0 Å². The molecule has 138 valence electrons. The highest BCUT2D eigenvalue weighted by molar-refractivity contribution is 7.20. The molecule has 2 N–H and O–H groups in total. The SMILES string of the molecule is Cc1nn(-c2ccc(F)cc2)c2sc(C(=O)Nc3nc4ccccc4[nH]3)cc12. The largest absolute Gasteiger partial charge is 0.324 e. The number of aromatic nitrogens is 4. The fourth-order valence-corrected chi connectivity index (χ4v) is 4.18. The Morgan fingerprint density at radius 2 is 1.96 bits per heavy atom. The number of benzene rings is 2. The zero-order chi connectivity index (χ0) is 19.3. The quantitative estimate of drug-likeness (QED) is 0.470. The molecule has 5 aromatic rings. The number of rotatable bonds is 3. The first-order valence-corrected chi connectivity index (χ1v) is 9.41. The fraction of sp³-hybridized carbons (Fsp3) is 0.0500. The van der Waals surface area contributed by atoms with E-state index in [0.717, 1.165) is 32.6 Å². The van der Waals surface area contributed by atoms with E-state index in [1.54, 1.807) is 16.8 Å². The van der Waals surface area contributed by atoms with E-state index in [4.69, 9.17) is 0 Å². The van der Waals surface area contributed by atoms with Gasteiger partial charge < -0.3 is 4.98 Å². The van der Waals surface area contributed by atoms with Gasteiger partial charge in [0.25, 0.3) is 5.91 Å². The van der Waals surface area contributed by atoms with Gasteiger partial charge >= 0.3 is 0 Å². The first kappa shape index (κ1) is 16.6. The third kappa shape index (κ3) is 2.74. The van der Waals surface area contributed by atoms with Crippen molar-refractivity contribution in [2.75, 3.05) is 5.32 Å². The molecule has 0 radical (unpaired) electrons. The number of nitrogens with zero attached hydrogens (tertiary/aromatic N) is 3. The fourth-order valence-electron chi connectivity index (χ4n) is 3.10. The molecule has 0 saturated carbocycles. The minimum atomic E-state index is -0.305. The number of para-hydroxylation sites is 2. The highest BCUT2D eigenvalue weighted by Crippen LogP contribution is 2.31. The van der Waals surface area contributed by atoms with Gasteiger partial charge in [-0.05, 0) is 49.4 Å². The van der Waals surface area contributed by atoms with E-state index >= 15 is 0 Å². The minimum Gasteiger partial charge on any atom is -0.324 e. The van der Waals surface area contributed by atoms with Crippen LogP contribution < -0.4 is 5.32 Å². The molecule has 3 heterocycles. The summed E-state index contributed by atoms with van der Waals surface area (Å²) in [6.07, 6.45) is 0. The summed E-state index contributed by atoms with van der Waals surface area (Å²) in [6, 6.07) is 15.5. The third-order valence-corrected chi connectivity index (χ3v) is 5.57. The first-order chi connectivity index (χ1) is 13.6. The average molecular weight is 391 g/mol. The van der Waals surface area contributed by atoms with Crippen LogP contribution in [0.2, 0.25) is 0 Å². The number of halogens is 1. The van der Waals surface area contributed by atoms with Crippen molar-refractivity contribution >= 4 is 44.4 Å². The molecule has 0 atom stereocenters. The molecular formula is C20H14FN5OS. The Morgan fingerprint density at radius 1 is 1.18 bits per heavy atom. The van der Waals surface area contributed by atoms with Gasteiger partial charge in [-0.25, -0.2) is 14.1 Å². The van der Waals surface area contributed by atoms with E-state index < -0.39 is 0 Å². The predicted octanol–water partition coefficient (Wildman–Crippen LogP) is 4.66. The van der Waals surface area contributed by atoms with Crippen LogP contribution in [0.5, 0.6) is 0 Å². The summed E-state index contributed by atoms with van der Waals surface area (Å²) in [6.45, 7) is 1.88. The number of H-pyrrole nitrogens is 1. The number of imidazole rings is 1. The number of fused-ring (bicyclic) bond motifs is 2. The summed E-state index contributed by atoms with van der Waals surface area (Å²) < 4.78 is 15.0. The molecule has 8 heteroatoms. The van der Waals surface area contributed by atoms with E-state index in [-0.39, 0.29) is 11.7 Å². The van der Waals surface area contributed by atoms with Gasteiger partial charge in [0, 0.05) is 5.39 Å². The summed E-state index contributed by atoms with van der Waals surface area (Å²) in [4.78, 5) is 21.6. The number of aryl methyl sites for hydroxylation is 1. The van der Waals surface area contributed by atoms with Crippen molar-refractivity contribution in [3.8, 4) is 5.69 Å². The van der Waals surface area contributed by atoms with Crippen LogP contribution in [-0.2, 0) is 0 Å². The van der Waals surface area contributed by atoms with Crippen molar-refractivity contribution in [1.82, 2.24) is 19.7 Å². The van der Waals surface area contributed by atoms with Gasteiger partial charge in [-0.15, -0.1) is 11.3 Å². The lowest BCUT2D eigenvalue weighted by atomic mass is 10.3. The van der Waals surface area contributed by atoms with Crippen molar-refractivity contribution in [2.24, 2.45) is 0 Å². The second-order valence-corrected chi connectivity index (χ2v) is 7.39. The van der Waals surface area contributed by atoms with E-state index in [1.807, 2.05) is 37.3 Å². The smallest absolute Gasteiger partial charge is 0.268 e. The molecule has 0 spiro atoms. The van der Waals surface area contributed by atoms with E-state index in [1.165, 1.54) is 23.5 Å². The maximum Gasteiger partial charge on any atom is 0.268 e. The van der Waals surface area contributed by atoms with Crippen LogP contribution in [0.15, 0.2) is 54.6 Å². The maximum absolute atomic E-state index is 13.2. The molecule has 3 aromatic heterocycles. The van der Waals surface area contributed by atoms with Gasteiger partial charge in [0.2, 0.25) is 5.95 Å². The number of carbonyl (C=O) groups is 1. The number of carbonyl (C=O) groups excluding carboxylic acids is 1. The molecule has 5 rings (SSSR count). The average Bonchev–Trinajstić information content (AvgIpc) is 3.37. The highest BCUT2D eigenvalue weighted by atomic mass is 32.1. The number of hydrogen-bond donors (Lipinski definition) is 2. The zero-order valence-corrected chi connectivity index (χ0v) is 15.5. The minimum absolute atomic E-state index is 0.245. The van der Waals surface area contributed by atoms with Crippen LogP contribution in [-0.4, -0.2) is 25.7 Å². The van der Waals surface area contributed by atoms with Crippen molar-refractivity contribution < 1.29 is 9.18 Å². The first-order valence-electron chi connectivity index (χ1n) is 8.60. The number of nitrogens with one attached hydrogen (secondary N) is 2. The summed E-state index contributed by atoms with van der Waals surface area (Å²) in [5, 5.41) is 8.22. The number of amides is 1. The lowest BCUT2D eigenvalue weighted by molar-refractivity contribution is 0.103. The summed E-state index contributed by atoms with van der Waals surface area (Å²) in [5.41, 5.74) is 3.19. The normalized spacial score (nSPS) is 11.4. The standard InChI is InChI=1S/C20H14FN5OS/c1-11-14-10-17(18(27)24-20-22-15-4-2-3-5-16(15)23-20)28-19(14)26(25-11)13-8-6-12(21)7-9-13/h2-10H,1H3,(H2,22,23,24,27). The predicted molar refractivity (Wildman–Crippen MR) is 108 cm³/mol. The van der Waals surface area contributed by atoms with Gasteiger partial charge in [-0.3, -0.25) is 10.1 Å². The van der Waals surface area contributed by atoms with Crippen molar-refractivity contribution in [3.63, 3.8) is 0 Å². The number of hydrogen-bond acceptors (Lipinski definition) is 4. The van der Waals surface area contributed by atoms with Gasteiger partial charge in [0.1, 0.15) is 10.6 Å². The highest BCUT2D eigenvalue weighted by Gasteiger charge is 2.18. The Hall–Kier alpha value is -3.52.